The molecule has 0 unspecified atom stereocenters. The van der Waals surface area contributed by atoms with Crippen molar-refractivity contribution in [3.05, 3.63) is 0 Å². The average Bonchev–Trinajstić information content (AvgIpc) is 1.98. The number of carbonyl (C=O) groups is 1. The van der Waals surface area contributed by atoms with E-state index in [4.69, 9.17) is 5.11 Å². The number of rotatable bonds is 5. The molecular weight excluding hydrogens is 155 g/mol. The molecule has 0 aliphatic rings. The zero-order chi connectivity index (χ0) is 7.82. The second kappa shape index (κ2) is 10.4. The minimum atomic E-state index is -0.531. The number of carbonyl (C=O) groups excluding carboxylic acids is 1. The SMILES string of the molecule is CCCCCOC(=O)CO.[NaH]. The van der Waals surface area contributed by atoms with E-state index in [1.807, 2.05) is 0 Å². The molecule has 0 saturated heterocycles. The summed E-state index contributed by atoms with van der Waals surface area (Å²) >= 11 is 0. The molecule has 0 aromatic rings. The van der Waals surface area contributed by atoms with Crippen molar-refractivity contribution in [3.63, 3.8) is 0 Å². The Balaban J connectivity index is 0. The Morgan fingerprint density at radius 3 is 2.55 bits per heavy atom. The van der Waals surface area contributed by atoms with Gasteiger partial charge in [-0.2, -0.15) is 0 Å². The van der Waals surface area contributed by atoms with E-state index in [0.717, 1.165) is 19.3 Å². The Morgan fingerprint density at radius 2 is 2.09 bits per heavy atom. The average molecular weight is 170 g/mol. The summed E-state index contributed by atoms with van der Waals surface area (Å²) in [6.07, 6.45) is 3.07. The molecule has 4 heteroatoms. The van der Waals surface area contributed by atoms with Crippen molar-refractivity contribution in [1.82, 2.24) is 0 Å². The van der Waals surface area contributed by atoms with Crippen LogP contribution < -0.4 is 0 Å². The number of hydrogen-bond donors (Lipinski definition) is 1. The normalized spacial score (nSPS) is 8.55. The van der Waals surface area contributed by atoms with Gasteiger partial charge in [0.1, 0.15) is 6.61 Å². The molecule has 11 heavy (non-hydrogen) atoms. The third kappa shape index (κ3) is 10.4. The minimum absolute atomic E-state index is 0. The molecular formula is C7H15NaO3. The van der Waals surface area contributed by atoms with E-state index in [0.29, 0.717) is 6.61 Å². The van der Waals surface area contributed by atoms with Gasteiger partial charge in [-0.1, -0.05) is 19.8 Å². The molecule has 0 radical (unpaired) electrons. The zero-order valence-electron chi connectivity index (χ0n) is 6.30. The second-order valence-corrected chi connectivity index (χ2v) is 2.09. The quantitative estimate of drug-likeness (QED) is 0.360. The maximum absolute atomic E-state index is 10.3. The number of aliphatic hydroxyl groups excluding tert-OH is 1. The number of esters is 1. The monoisotopic (exact) mass is 170 g/mol. The molecule has 0 heterocycles. The predicted octanol–water partition coefficient (Wildman–Crippen LogP) is 0.0636. The molecule has 0 saturated carbocycles. The molecule has 0 rings (SSSR count). The first-order valence-corrected chi connectivity index (χ1v) is 3.57. The number of unbranched alkanes of at least 4 members (excludes halogenated alkanes) is 2. The van der Waals surface area contributed by atoms with E-state index in [1.165, 1.54) is 0 Å². The molecule has 0 aliphatic heterocycles. The van der Waals surface area contributed by atoms with E-state index >= 15 is 0 Å². The van der Waals surface area contributed by atoms with Gasteiger partial charge < -0.3 is 9.84 Å². The van der Waals surface area contributed by atoms with Crippen molar-refractivity contribution in [2.75, 3.05) is 13.2 Å². The molecule has 3 nitrogen and oxygen atoms in total. The Hall–Kier alpha value is 0.430. The van der Waals surface area contributed by atoms with Gasteiger partial charge in [-0.15, -0.1) is 0 Å². The Bertz CT molecular complexity index is 95.7. The zero-order valence-corrected chi connectivity index (χ0v) is 6.30. The van der Waals surface area contributed by atoms with Crippen LogP contribution in [-0.2, 0) is 9.53 Å². The number of aliphatic hydroxyl groups is 1. The van der Waals surface area contributed by atoms with Crippen molar-refractivity contribution in [2.24, 2.45) is 0 Å². The summed E-state index contributed by atoms with van der Waals surface area (Å²) in [6.45, 7) is 2.01. The van der Waals surface area contributed by atoms with E-state index < -0.39 is 12.6 Å². The summed E-state index contributed by atoms with van der Waals surface area (Å²) in [5, 5.41) is 8.22. The van der Waals surface area contributed by atoms with Crippen LogP contribution in [0.2, 0.25) is 0 Å². The van der Waals surface area contributed by atoms with Crippen molar-refractivity contribution < 1.29 is 14.6 Å². The third-order valence-electron chi connectivity index (χ3n) is 1.14. The molecule has 0 fully saturated rings. The molecule has 0 bridgehead atoms. The Morgan fingerprint density at radius 1 is 1.45 bits per heavy atom. The summed E-state index contributed by atoms with van der Waals surface area (Å²) in [7, 11) is 0. The Labute approximate surface area is 89.4 Å². The Kier molecular flexibility index (Phi) is 13.3. The van der Waals surface area contributed by atoms with Crippen LogP contribution in [0.3, 0.4) is 0 Å². The van der Waals surface area contributed by atoms with Crippen LogP contribution >= 0.6 is 0 Å². The first-order chi connectivity index (χ1) is 4.81. The van der Waals surface area contributed by atoms with E-state index in [1.54, 1.807) is 0 Å². The molecule has 0 aromatic heterocycles. The van der Waals surface area contributed by atoms with Gasteiger partial charge >= 0.3 is 35.5 Å². The molecule has 62 valence electrons. The van der Waals surface area contributed by atoms with Crippen molar-refractivity contribution in [1.29, 1.82) is 0 Å². The first kappa shape index (κ1) is 14.0. The van der Waals surface area contributed by atoms with Crippen LogP contribution in [-0.4, -0.2) is 53.8 Å². The summed E-state index contributed by atoms with van der Waals surface area (Å²) in [4.78, 5) is 10.3. The van der Waals surface area contributed by atoms with Crippen LogP contribution in [0, 0.1) is 0 Å². The molecule has 0 spiro atoms. The third-order valence-corrected chi connectivity index (χ3v) is 1.14. The van der Waals surface area contributed by atoms with Crippen LogP contribution in [0.1, 0.15) is 26.2 Å². The van der Waals surface area contributed by atoms with Crippen molar-refractivity contribution in [3.8, 4) is 0 Å². The van der Waals surface area contributed by atoms with Crippen LogP contribution in [0.25, 0.3) is 0 Å². The molecule has 0 amide bonds. The fourth-order valence-electron chi connectivity index (χ4n) is 0.584. The van der Waals surface area contributed by atoms with E-state index in [9.17, 15) is 4.79 Å². The van der Waals surface area contributed by atoms with Crippen molar-refractivity contribution in [2.45, 2.75) is 26.2 Å². The van der Waals surface area contributed by atoms with E-state index in [2.05, 4.69) is 11.7 Å². The molecule has 1 N–H and O–H groups in total. The van der Waals surface area contributed by atoms with Gasteiger partial charge in [0.05, 0.1) is 6.61 Å². The fourth-order valence-corrected chi connectivity index (χ4v) is 0.584. The van der Waals surface area contributed by atoms with Crippen LogP contribution in [0.5, 0.6) is 0 Å². The molecule has 0 aromatic carbocycles. The first-order valence-electron chi connectivity index (χ1n) is 3.57. The summed E-state index contributed by atoms with van der Waals surface area (Å²) in [6, 6.07) is 0. The maximum atomic E-state index is 10.3. The van der Waals surface area contributed by atoms with Gasteiger partial charge in [-0.3, -0.25) is 0 Å². The van der Waals surface area contributed by atoms with Gasteiger partial charge in [-0.25, -0.2) is 4.79 Å². The van der Waals surface area contributed by atoms with Crippen LogP contribution in [0.15, 0.2) is 0 Å². The van der Waals surface area contributed by atoms with Gasteiger partial charge in [0, 0.05) is 0 Å². The predicted molar refractivity (Wildman–Crippen MR) is 44.7 cm³/mol. The van der Waals surface area contributed by atoms with Gasteiger partial charge in [0.2, 0.25) is 0 Å². The van der Waals surface area contributed by atoms with Crippen LogP contribution in [0.4, 0.5) is 0 Å². The second-order valence-electron chi connectivity index (χ2n) is 2.09. The van der Waals surface area contributed by atoms with Gasteiger partial charge in [-0.05, 0) is 6.42 Å². The topological polar surface area (TPSA) is 46.5 Å². The summed E-state index contributed by atoms with van der Waals surface area (Å²) in [5.41, 5.74) is 0. The van der Waals surface area contributed by atoms with Crippen molar-refractivity contribution >= 4 is 35.5 Å². The number of hydrogen-bond acceptors (Lipinski definition) is 3. The molecule has 0 aliphatic carbocycles. The molecule has 0 atom stereocenters. The van der Waals surface area contributed by atoms with Gasteiger partial charge in [0.25, 0.3) is 0 Å². The van der Waals surface area contributed by atoms with E-state index in [-0.39, 0.29) is 29.6 Å². The number of ether oxygens (including phenoxy) is 1. The van der Waals surface area contributed by atoms with Gasteiger partial charge in [0.15, 0.2) is 0 Å². The summed E-state index contributed by atoms with van der Waals surface area (Å²) in [5.74, 6) is -0.531. The summed E-state index contributed by atoms with van der Waals surface area (Å²) < 4.78 is 4.60. The fraction of sp³-hybridized carbons (Fsp3) is 0.857. The standard InChI is InChI=1S/C7H14O3.Na.H/c1-2-3-4-5-10-7(9)6-8;;/h8H,2-6H2,1H3;;.